The molecule has 2 aromatic rings. The summed E-state index contributed by atoms with van der Waals surface area (Å²) >= 11 is 0. The van der Waals surface area contributed by atoms with E-state index in [0.717, 1.165) is 18.3 Å². The van der Waals surface area contributed by atoms with Crippen molar-refractivity contribution in [3.05, 3.63) is 47.9 Å². The fourth-order valence-corrected chi connectivity index (χ4v) is 1.42. The lowest BCUT2D eigenvalue weighted by Crippen LogP contribution is -2.15. The van der Waals surface area contributed by atoms with Crippen molar-refractivity contribution in [1.29, 1.82) is 0 Å². The molecule has 0 saturated carbocycles. The summed E-state index contributed by atoms with van der Waals surface area (Å²) in [5, 5.41) is 2.31. The number of halogens is 3. The molecular formula is C12H9F3N4O. The van der Waals surface area contributed by atoms with Gasteiger partial charge in [-0.25, -0.2) is 9.97 Å². The maximum absolute atomic E-state index is 12.5. The second-order valence-corrected chi connectivity index (χ2v) is 3.86. The van der Waals surface area contributed by atoms with Crippen molar-refractivity contribution in [2.45, 2.75) is 6.18 Å². The Balaban J connectivity index is 2.18. The standard InChI is InChI=1S/C12H9F3N4O/c13-12(14,15)7-2-1-3-8(4-7)19-11(20)9-5-18-10(16)6-17-9/h1-6H,(H2,16,18)(H,19,20). The van der Waals surface area contributed by atoms with Crippen LogP contribution in [0, 0.1) is 0 Å². The van der Waals surface area contributed by atoms with E-state index in [-0.39, 0.29) is 17.2 Å². The summed E-state index contributed by atoms with van der Waals surface area (Å²) in [6.07, 6.45) is -2.15. The molecule has 0 aliphatic heterocycles. The van der Waals surface area contributed by atoms with Gasteiger partial charge in [-0.1, -0.05) is 6.07 Å². The fourth-order valence-electron chi connectivity index (χ4n) is 1.42. The summed E-state index contributed by atoms with van der Waals surface area (Å²) in [4.78, 5) is 19.1. The molecule has 3 N–H and O–H groups in total. The van der Waals surface area contributed by atoms with Crippen molar-refractivity contribution in [2.24, 2.45) is 0 Å². The van der Waals surface area contributed by atoms with Gasteiger partial charge in [0.2, 0.25) is 0 Å². The molecule has 5 nitrogen and oxygen atoms in total. The van der Waals surface area contributed by atoms with Gasteiger partial charge < -0.3 is 11.1 Å². The first-order chi connectivity index (χ1) is 9.36. The maximum atomic E-state index is 12.5. The monoisotopic (exact) mass is 282 g/mol. The Morgan fingerprint density at radius 1 is 1.20 bits per heavy atom. The molecule has 0 atom stereocenters. The number of carbonyl (C=O) groups excluding carboxylic acids is 1. The zero-order chi connectivity index (χ0) is 14.8. The molecule has 1 amide bonds. The van der Waals surface area contributed by atoms with Crippen LogP contribution in [-0.4, -0.2) is 15.9 Å². The molecule has 0 saturated heterocycles. The maximum Gasteiger partial charge on any atom is 0.416 e. The zero-order valence-corrected chi connectivity index (χ0v) is 9.98. The number of rotatable bonds is 2. The van der Waals surface area contributed by atoms with Crippen LogP contribution in [0.5, 0.6) is 0 Å². The molecule has 1 aromatic heterocycles. The molecule has 1 aromatic carbocycles. The Morgan fingerprint density at radius 3 is 2.55 bits per heavy atom. The molecule has 104 valence electrons. The minimum Gasteiger partial charge on any atom is -0.382 e. The van der Waals surface area contributed by atoms with E-state index in [2.05, 4.69) is 15.3 Å². The van der Waals surface area contributed by atoms with Crippen LogP contribution in [0.25, 0.3) is 0 Å². The molecule has 20 heavy (non-hydrogen) atoms. The number of amides is 1. The van der Waals surface area contributed by atoms with Gasteiger partial charge in [0.25, 0.3) is 5.91 Å². The Bertz CT molecular complexity index is 625. The lowest BCUT2D eigenvalue weighted by Gasteiger charge is -2.09. The number of nitrogens with one attached hydrogen (secondary N) is 1. The van der Waals surface area contributed by atoms with Crippen LogP contribution in [0.15, 0.2) is 36.7 Å². The third kappa shape index (κ3) is 3.22. The molecule has 2 rings (SSSR count). The Kier molecular flexibility index (Phi) is 3.55. The van der Waals surface area contributed by atoms with E-state index in [0.29, 0.717) is 0 Å². The molecule has 0 fully saturated rings. The topological polar surface area (TPSA) is 80.9 Å². The second-order valence-electron chi connectivity index (χ2n) is 3.86. The van der Waals surface area contributed by atoms with Crippen molar-refractivity contribution >= 4 is 17.4 Å². The van der Waals surface area contributed by atoms with E-state index in [1.54, 1.807) is 0 Å². The zero-order valence-electron chi connectivity index (χ0n) is 9.98. The molecule has 0 bridgehead atoms. The van der Waals surface area contributed by atoms with Gasteiger partial charge in [-0.3, -0.25) is 4.79 Å². The van der Waals surface area contributed by atoms with Crippen LogP contribution >= 0.6 is 0 Å². The van der Waals surface area contributed by atoms with Gasteiger partial charge in [0.05, 0.1) is 18.0 Å². The minimum atomic E-state index is -4.47. The van der Waals surface area contributed by atoms with Crippen LogP contribution in [0.3, 0.4) is 0 Å². The van der Waals surface area contributed by atoms with Gasteiger partial charge in [0.1, 0.15) is 11.5 Å². The molecule has 0 spiro atoms. The van der Waals surface area contributed by atoms with Crippen molar-refractivity contribution < 1.29 is 18.0 Å². The molecule has 8 heteroatoms. The first kappa shape index (κ1) is 13.8. The van der Waals surface area contributed by atoms with Crippen molar-refractivity contribution in [1.82, 2.24) is 9.97 Å². The van der Waals surface area contributed by atoms with Gasteiger partial charge in [-0.05, 0) is 18.2 Å². The van der Waals surface area contributed by atoms with E-state index in [9.17, 15) is 18.0 Å². The quantitative estimate of drug-likeness (QED) is 0.885. The highest BCUT2D eigenvalue weighted by molar-refractivity contribution is 6.02. The van der Waals surface area contributed by atoms with E-state index < -0.39 is 17.6 Å². The number of anilines is 2. The Morgan fingerprint density at radius 2 is 1.95 bits per heavy atom. The Labute approximate surface area is 111 Å². The summed E-state index contributed by atoms with van der Waals surface area (Å²) in [5.74, 6) is -0.530. The van der Waals surface area contributed by atoms with E-state index in [1.807, 2.05) is 0 Å². The first-order valence-electron chi connectivity index (χ1n) is 5.42. The molecule has 0 unspecified atom stereocenters. The number of nitrogens with two attached hydrogens (primary N) is 1. The average molecular weight is 282 g/mol. The summed E-state index contributed by atoms with van der Waals surface area (Å²) < 4.78 is 37.6. The first-order valence-corrected chi connectivity index (χ1v) is 5.42. The van der Waals surface area contributed by atoms with Gasteiger partial charge in [0, 0.05) is 5.69 Å². The van der Waals surface area contributed by atoms with Crippen molar-refractivity contribution in [3.8, 4) is 0 Å². The van der Waals surface area contributed by atoms with E-state index in [4.69, 9.17) is 5.73 Å². The van der Waals surface area contributed by atoms with Gasteiger partial charge in [-0.2, -0.15) is 13.2 Å². The van der Waals surface area contributed by atoms with Gasteiger partial charge in [-0.15, -0.1) is 0 Å². The van der Waals surface area contributed by atoms with Crippen molar-refractivity contribution in [2.75, 3.05) is 11.1 Å². The smallest absolute Gasteiger partial charge is 0.382 e. The molecule has 1 heterocycles. The predicted molar refractivity (Wildman–Crippen MR) is 65.8 cm³/mol. The van der Waals surface area contributed by atoms with E-state index >= 15 is 0 Å². The molecule has 0 aliphatic rings. The third-order valence-electron chi connectivity index (χ3n) is 2.35. The number of nitrogens with zero attached hydrogens (tertiary/aromatic N) is 2. The lowest BCUT2D eigenvalue weighted by molar-refractivity contribution is -0.137. The van der Waals surface area contributed by atoms with E-state index in [1.165, 1.54) is 18.3 Å². The Hall–Kier alpha value is -2.64. The second kappa shape index (κ2) is 5.16. The van der Waals surface area contributed by atoms with Gasteiger partial charge >= 0.3 is 6.18 Å². The number of alkyl halides is 3. The summed E-state index contributed by atoms with van der Waals surface area (Å²) in [5.41, 5.74) is 4.44. The number of hydrogen-bond donors (Lipinski definition) is 2. The molecule has 0 aliphatic carbocycles. The number of carbonyl (C=O) groups is 1. The fraction of sp³-hybridized carbons (Fsp3) is 0.0833. The summed E-state index contributed by atoms with van der Waals surface area (Å²) in [6.45, 7) is 0. The van der Waals surface area contributed by atoms with Crippen LogP contribution < -0.4 is 11.1 Å². The highest BCUT2D eigenvalue weighted by Gasteiger charge is 2.30. The summed E-state index contributed by atoms with van der Waals surface area (Å²) in [7, 11) is 0. The number of nitrogen functional groups attached to an aromatic ring is 1. The number of benzene rings is 1. The number of aromatic nitrogens is 2. The normalized spacial score (nSPS) is 11.2. The lowest BCUT2D eigenvalue weighted by atomic mass is 10.2. The number of hydrogen-bond acceptors (Lipinski definition) is 4. The van der Waals surface area contributed by atoms with Crippen LogP contribution in [0.1, 0.15) is 16.1 Å². The predicted octanol–water partition coefficient (Wildman–Crippen LogP) is 2.33. The third-order valence-corrected chi connectivity index (χ3v) is 2.35. The summed E-state index contributed by atoms with van der Waals surface area (Å²) in [6, 6.07) is 4.30. The molecule has 0 radical (unpaired) electrons. The SMILES string of the molecule is Nc1cnc(C(=O)Nc2cccc(C(F)(F)F)c2)cn1. The minimum absolute atomic E-state index is 0.0171. The van der Waals surface area contributed by atoms with Crippen LogP contribution in [-0.2, 0) is 6.18 Å². The average Bonchev–Trinajstić information content (AvgIpc) is 2.38. The highest BCUT2D eigenvalue weighted by Crippen LogP contribution is 2.30. The van der Waals surface area contributed by atoms with Gasteiger partial charge in [0.15, 0.2) is 0 Å². The van der Waals surface area contributed by atoms with Crippen molar-refractivity contribution in [3.63, 3.8) is 0 Å². The largest absolute Gasteiger partial charge is 0.416 e. The molecular weight excluding hydrogens is 273 g/mol. The van der Waals surface area contributed by atoms with Crippen LogP contribution in [0.2, 0.25) is 0 Å². The van der Waals surface area contributed by atoms with Crippen LogP contribution in [0.4, 0.5) is 24.7 Å². The highest BCUT2D eigenvalue weighted by atomic mass is 19.4.